The Morgan fingerprint density at radius 2 is 1.87 bits per heavy atom. The first-order valence-electron chi connectivity index (χ1n) is 7.55. The molecular formula is C19H18N2O2. The van der Waals surface area contributed by atoms with E-state index in [-0.39, 0.29) is 0 Å². The van der Waals surface area contributed by atoms with Crippen molar-refractivity contribution in [1.29, 1.82) is 0 Å². The van der Waals surface area contributed by atoms with Gasteiger partial charge in [-0.3, -0.25) is 0 Å². The number of hydrogen-bond donors (Lipinski definition) is 1. The number of benzene rings is 2. The van der Waals surface area contributed by atoms with Crippen molar-refractivity contribution < 1.29 is 9.53 Å². The van der Waals surface area contributed by atoms with Crippen molar-refractivity contribution >= 4 is 28.2 Å². The molecule has 0 saturated carbocycles. The third kappa shape index (κ3) is 3.16. The number of hydrogen-bond acceptors (Lipinski definition) is 4. The molecule has 0 radical (unpaired) electrons. The van der Waals surface area contributed by atoms with E-state index in [0.29, 0.717) is 5.69 Å². The summed E-state index contributed by atoms with van der Waals surface area (Å²) >= 11 is 0. The van der Waals surface area contributed by atoms with Crippen LogP contribution in [0.1, 0.15) is 23.0 Å². The third-order valence-electron chi connectivity index (χ3n) is 3.75. The Bertz CT molecular complexity index is 842. The minimum atomic E-state index is -0.444. The van der Waals surface area contributed by atoms with Crippen molar-refractivity contribution in [3.05, 3.63) is 65.9 Å². The molecule has 23 heavy (non-hydrogen) atoms. The number of rotatable bonds is 4. The topological polar surface area (TPSA) is 51.2 Å². The van der Waals surface area contributed by atoms with Gasteiger partial charge in [-0.05, 0) is 36.2 Å². The number of para-hydroxylation sites is 1. The normalized spacial score (nSPS) is 10.5. The Hall–Kier alpha value is -2.88. The standard InChI is InChI=1S/C19H18N2O2/c1-3-13-8-10-14(11-9-13)20-17-12-18(19(22)23-2)21-16-7-5-4-6-15(16)17/h4-12H,3H2,1-2H3,(H,20,21). The molecular weight excluding hydrogens is 288 g/mol. The van der Waals surface area contributed by atoms with Gasteiger partial charge in [-0.15, -0.1) is 0 Å². The molecule has 0 amide bonds. The second-order valence-corrected chi connectivity index (χ2v) is 5.24. The minimum Gasteiger partial charge on any atom is -0.464 e. The molecule has 3 rings (SSSR count). The minimum absolute atomic E-state index is 0.291. The molecule has 0 fully saturated rings. The zero-order valence-electron chi connectivity index (χ0n) is 13.2. The Labute approximate surface area is 135 Å². The molecule has 116 valence electrons. The van der Waals surface area contributed by atoms with Crippen molar-refractivity contribution in [1.82, 2.24) is 4.98 Å². The highest BCUT2D eigenvalue weighted by atomic mass is 16.5. The van der Waals surface area contributed by atoms with Crippen LogP contribution in [0.5, 0.6) is 0 Å². The molecule has 0 aliphatic rings. The summed E-state index contributed by atoms with van der Waals surface area (Å²) in [6.45, 7) is 2.13. The van der Waals surface area contributed by atoms with E-state index in [1.807, 2.05) is 36.4 Å². The summed E-state index contributed by atoms with van der Waals surface area (Å²) in [6.07, 6.45) is 1.00. The van der Waals surface area contributed by atoms with E-state index < -0.39 is 5.97 Å². The maximum Gasteiger partial charge on any atom is 0.356 e. The van der Waals surface area contributed by atoms with Crippen molar-refractivity contribution in [2.24, 2.45) is 0 Å². The van der Waals surface area contributed by atoms with Crippen LogP contribution in [0.4, 0.5) is 11.4 Å². The van der Waals surface area contributed by atoms with Gasteiger partial charge in [0.05, 0.1) is 18.3 Å². The second-order valence-electron chi connectivity index (χ2n) is 5.24. The fraction of sp³-hybridized carbons (Fsp3) is 0.158. The molecule has 0 atom stereocenters. The first-order valence-corrected chi connectivity index (χ1v) is 7.55. The van der Waals surface area contributed by atoms with Crippen LogP contribution in [0.2, 0.25) is 0 Å². The zero-order valence-corrected chi connectivity index (χ0v) is 13.2. The summed E-state index contributed by atoms with van der Waals surface area (Å²) < 4.78 is 4.79. The number of anilines is 2. The highest BCUT2D eigenvalue weighted by molar-refractivity contribution is 5.98. The van der Waals surface area contributed by atoms with E-state index in [2.05, 4.69) is 29.4 Å². The number of methoxy groups -OCH3 is 1. The lowest BCUT2D eigenvalue weighted by molar-refractivity contribution is 0.0594. The molecule has 2 aromatic carbocycles. The van der Waals surface area contributed by atoms with Gasteiger partial charge in [0.15, 0.2) is 5.69 Å². The van der Waals surface area contributed by atoms with E-state index in [1.54, 1.807) is 6.07 Å². The molecule has 0 unspecified atom stereocenters. The first-order chi connectivity index (χ1) is 11.2. The molecule has 0 aliphatic heterocycles. The number of nitrogens with zero attached hydrogens (tertiary/aromatic N) is 1. The fourth-order valence-corrected chi connectivity index (χ4v) is 2.47. The van der Waals surface area contributed by atoms with Crippen LogP contribution < -0.4 is 5.32 Å². The molecule has 0 saturated heterocycles. The first kappa shape index (κ1) is 15.0. The predicted molar refractivity (Wildman–Crippen MR) is 92.2 cm³/mol. The van der Waals surface area contributed by atoms with E-state index in [9.17, 15) is 4.79 Å². The van der Waals surface area contributed by atoms with Crippen molar-refractivity contribution in [3.63, 3.8) is 0 Å². The lowest BCUT2D eigenvalue weighted by atomic mass is 10.1. The number of esters is 1. The number of carbonyl (C=O) groups is 1. The van der Waals surface area contributed by atoms with Gasteiger partial charge >= 0.3 is 5.97 Å². The highest BCUT2D eigenvalue weighted by Crippen LogP contribution is 2.27. The van der Waals surface area contributed by atoms with Crippen LogP contribution >= 0.6 is 0 Å². The Kier molecular flexibility index (Phi) is 4.24. The van der Waals surface area contributed by atoms with Gasteiger partial charge in [0.25, 0.3) is 0 Å². The zero-order chi connectivity index (χ0) is 16.2. The molecule has 4 nitrogen and oxygen atoms in total. The number of pyridine rings is 1. The number of fused-ring (bicyclic) bond motifs is 1. The van der Waals surface area contributed by atoms with E-state index in [4.69, 9.17) is 4.74 Å². The van der Waals surface area contributed by atoms with Crippen LogP contribution in [0.15, 0.2) is 54.6 Å². The largest absolute Gasteiger partial charge is 0.464 e. The molecule has 1 aromatic heterocycles. The number of nitrogens with one attached hydrogen (secondary N) is 1. The molecule has 0 bridgehead atoms. The van der Waals surface area contributed by atoms with Gasteiger partial charge in [0.2, 0.25) is 0 Å². The number of carbonyl (C=O) groups excluding carboxylic acids is 1. The molecule has 0 spiro atoms. The van der Waals surface area contributed by atoms with Crippen LogP contribution in [0.3, 0.4) is 0 Å². The van der Waals surface area contributed by atoms with Crippen molar-refractivity contribution in [2.45, 2.75) is 13.3 Å². The fourth-order valence-electron chi connectivity index (χ4n) is 2.47. The molecule has 1 heterocycles. The summed E-state index contributed by atoms with van der Waals surface area (Å²) in [7, 11) is 1.36. The van der Waals surface area contributed by atoms with E-state index in [1.165, 1.54) is 12.7 Å². The van der Waals surface area contributed by atoms with Crippen molar-refractivity contribution in [2.75, 3.05) is 12.4 Å². The molecule has 4 heteroatoms. The van der Waals surface area contributed by atoms with Gasteiger partial charge in [-0.1, -0.05) is 37.3 Å². The summed E-state index contributed by atoms with van der Waals surface area (Å²) in [5.74, 6) is -0.444. The average Bonchev–Trinajstić information content (AvgIpc) is 2.61. The highest BCUT2D eigenvalue weighted by Gasteiger charge is 2.12. The Morgan fingerprint density at radius 3 is 2.57 bits per heavy atom. The van der Waals surface area contributed by atoms with Gasteiger partial charge in [0.1, 0.15) is 0 Å². The van der Waals surface area contributed by atoms with E-state index in [0.717, 1.165) is 28.7 Å². The summed E-state index contributed by atoms with van der Waals surface area (Å²) in [5.41, 5.74) is 4.13. The van der Waals surface area contributed by atoms with Crippen LogP contribution in [-0.2, 0) is 11.2 Å². The van der Waals surface area contributed by atoms with E-state index >= 15 is 0 Å². The quantitative estimate of drug-likeness (QED) is 0.729. The SMILES string of the molecule is CCc1ccc(Nc2cc(C(=O)OC)nc3ccccc23)cc1. The van der Waals surface area contributed by atoms with Crippen LogP contribution in [0, 0.1) is 0 Å². The van der Waals surface area contributed by atoms with Crippen LogP contribution in [0.25, 0.3) is 10.9 Å². The Morgan fingerprint density at radius 1 is 1.13 bits per heavy atom. The molecule has 1 N–H and O–H groups in total. The van der Waals surface area contributed by atoms with Crippen molar-refractivity contribution in [3.8, 4) is 0 Å². The summed E-state index contributed by atoms with van der Waals surface area (Å²) in [6, 6.07) is 17.7. The summed E-state index contributed by atoms with van der Waals surface area (Å²) in [5, 5.41) is 4.33. The average molecular weight is 306 g/mol. The molecule has 3 aromatic rings. The molecule has 0 aliphatic carbocycles. The number of aromatic nitrogens is 1. The van der Waals surface area contributed by atoms with Crippen LogP contribution in [-0.4, -0.2) is 18.1 Å². The Balaban J connectivity index is 2.05. The lowest BCUT2D eigenvalue weighted by Gasteiger charge is -2.12. The lowest BCUT2D eigenvalue weighted by Crippen LogP contribution is -2.05. The van der Waals surface area contributed by atoms with Gasteiger partial charge < -0.3 is 10.1 Å². The predicted octanol–water partition coefficient (Wildman–Crippen LogP) is 4.33. The van der Waals surface area contributed by atoms with Gasteiger partial charge in [-0.2, -0.15) is 0 Å². The second kappa shape index (κ2) is 6.48. The number of ether oxygens (including phenoxy) is 1. The smallest absolute Gasteiger partial charge is 0.356 e. The third-order valence-corrected chi connectivity index (χ3v) is 3.75. The summed E-state index contributed by atoms with van der Waals surface area (Å²) in [4.78, 5) is 16.2. The van der Waals surface area contributed by atoms with Gasteiger partial charge in [-0.25, -0.2) is 9.78 Å². The monoisotopic (exact) mass is 306 g/mol. The maximum atomic E-state index is 11.8. The number of aryl methyl sites for hydroxylation is 1. The van der Waals surface area contributed by atoms with Gasteiger partial charge in [0, 0.05) is 11.1 Å². The maximum absolute atomic E-state index is 11.8.